The molecule has 1 heterocycles. The zero-order chi connectivity index (χ0) is 17.1. The lowest BCUT2D eigenvalue weighted by Gasteiger charge is -2.17. The molecule has 3 rings (SSSR count). The molecule has 0 aliphatic carbocycles. The van der Waals surface area contributed by atoms with E-state index < -0.39 is 0 Å². The molecule has 24 heavy (non-hydrogen) atoms. The zero-order valence-corrected chi connectivity index (χ0v) is 13.9. The monoisotopic (exact) mass is 323 g/mol. The Hall–Kier alpha value is -2.82. The van der Waals surface area contributed by atoms with Gasteiger partial charge in [-0.1, -0.05) is 35.9 Å². The lowest BCUT2D eigenvalue weighted by molar-refractivity contribution is -0.117. The second-order valence-corrected chi connectivity index (χ2v) is 6.16. The maximum absolute atomic E-state index is 12.2. The van der Waals surface area contributed by atoms with Crippen LogP contribution in [0, 0.1) is 13.8 Å². The van der Waals surface area contributed by atoms with E-state index in [4.69, 9.17) is 0 Å². The van der Waals surface area contributed by atoms with Gasteiger partial charge in [-0.3, -0.25) is 4.79 Å². The van der Waals surface area contributed by atoms with E-state index in [9.17, 15) is 9.59 Å². The fourth-order valence-electron chi connectivity index (χ4n) is 2.96. The van der Waals surface area contributed by atoms with Crippen LogP contribution in [0.3, 0.4) is 0 Å². The number of rotatable bonds is 3. The molecule has 1 atom stereocenters. The molecule has 0 spiro atoms. The minimum absolute atomic E-state index is 0.0259. The first-order chi connectivity index (χ1) is 11.5. The summed E-state index contributed by atoms with van der Waals surface area (Å²) < 4.78 is 0. The SMILES string of the molecule is Cc1ccc(NC(=O)N[C@H]2CC(=O)N(c3ccccc3)C2)c(C)c1. The Bertz CT molecular complexity index is 758. The number of para-hydroxylation sites is 1. The van der Waals surface area contributed by atoms with Crippen LogP contribution in [0.5, 0.6) is 0 Å². The third-order valence-electron chi connectivity index (χ3n) is 4.16. The Morgan fingerprint density at radius 3 is 2.58 bits per heavy atom. The number of nitrogens with zero attached hydrogens (tertiary/aromatic N) is 1. The maximum Gasteiger partial charge on any atom is 0.319 e. The molecule has 1 saturated heterocycles. The summed E-state index contributed by atoms with van der Waals surface area (Å²) in [4.78, 5) is 26.1. The van der Waals surface area contributed by atoms with Crippen molar-refractivity contribution >= 4 is 23.3 Å². The van der Waals surface area contributed by atoms with E-state index in [1.54, 1.807) is 4.90 Å². The van der Waals surface area contributed by atoms with E-state index in [0.29, 0.717) is 13.0 Å². The van der Waals surface area contributed by atoms with Crippen LogP contribution in [0.25, 0.3) is 0 Å². The van der Waals surface area contributed by atoms with Gasteiger partial charge in [0.05, 0.1) is 6.04 Å². The highest BCUT2D eigenvalue weighted by atomic mass is 16.2. The summed E-state index contributed by atoms with van der Waals surface area (Å²) in [5.41, 5.74) is 3.81. The quantitative estimate of drug-likeness (QED) is 0.911. The van der Waals surface area contributed by atoms with Gasteiger partial charge in [0.15, 0.2) is 0 Å². The highest BCUT2D eigenvalue weighted by Gasteiger charge is 2.31. The molecule has 0 unspecified atom stereocenters. The summed E-state index contributed by atoms with van der Waals surface area (Å²) in [5, 5.41) is 5.74. The van der Waals surface area contributed by atoms with E-state index in [1.807, 2.05) is 62.4 Å². The summed E-state index contributed by atoms with van der Waals surface area (Å²) >= 11 is 0. The minimum atomic E-state index is -0.283. The van der Waals surface area contributed by atoms with Crippen molar-refractivity contribution in [1.29, 1.82) is 0 Å². The number of amides is 3. The molecule has 0 bridgehead atoms. The molecule has 0 radical (unpaired) electrons. The number of carbonyl (C=O) groups is 2. The van der Waals surface area contributed by atoms with Crippen molar-refractivity contribution in [3.63, 3.8) is 0 Å². The van der Waals surface area contributed by atoms with E-state index in [1.165, 1.54) is 0 Å². The number of hydrogen-bond donors (Lipinski definition) is 2. The van der Waals surface area contributed by atoms with Crippen LogP contribution in [0.1, 0.15) is 17.5 Å². The van der Waals surface area contributed by atoms with Gasteiger partial charge in [0.25, 0.3) is 0 Å². The van der Waals surface area contributed by atoms with Crippen LogP contribution >= 0.6 is 0 Å². The molecule has 5 heteroatoms. The second-order valence-electron chi connectivity index (χ2n) is 6.16. The van der Waals surface area contributed by atoms with Gasteiger partial charge in [0, 0.05) is 24.3 Å². The molecule has 5 nitrogen and oxygen atoms in total. The number of benzene rings is 2. The van der Waals surface area contributed by atoms with Gasteiger partial charge >= 0.3 is 6.03 Å². The molecule has 0 saturated carbocycles. The smallest absolute Gasteiger partial charge is 0.319 e. The van der Waals surface area contributed by atoms with Gasteiger partial charge in [-0.15, -0.1) is 0 Å². The molecule has 124 valence electrons. The molecule has 1 aliphatic heterocycles. The van der Waals surface area contributed by atoms with Crippen molar-refractivity contribution in [1.82, 2.24) is 5.32 Å². The van der Waals surface area contributed by atoms with Gasteiger partial charge in [-0.2, -0.15) is 0 Å². The molecule has 2 aromatic rings. The second kappa shape index (κ2) is 6.74. The zero-order valence-electron chi connectivity index (χ0n) is 13.9. The summed E-state index contributed by atoms with van der Waals surface area (Å²) in [5.74, 6) is 0.0259. The fourth-order valence-corrected chi connectivity index (χ4v) is 2.96. The van der Waals surface area contributed by atoms with Crippen molar-refractivity contribution in [2.75, 3.05) is 16.8 Å². The Morgan fingerprint density at radius 1 is 1.12 bits per heavy atom. The van der Waals surface area contributed by atoms with Crippen LogP contribution < -0.4 is 15.5 Å². The number of anilines is 2. The summed E-state index contributed by atoms with van der Waals surface area (Å²) in [6.45, 7) is 4.46. The number of hydrogen-bond acceptors (Lipinski definition) is 2. The van der Waals surface area contributed by atoms with E-state index >= 15 is 0 Å². The molecule has 1 aliphatic rings. The largest absolute Gasteiger partial charge is 0.333 e. The Balaban J connectivity index is 1.60. The Kier molecular flexibility index (Phi) is 4.51. The standard InChI is InChI=1S/C19H21N3O2/c1-13-8-9-17(14(2)10-13)21-19(24)20-15-11-18(23)22(12-15)16-6-4-3-5-7-16/h3-10,15H,11-12H2,1-2H3,(H2,20,21,24)/t15-/m0/s1. The molecular formula is C19H21N3O2. The number of urea groups is 1. The first kappa shape index (κ1) is 16.1. The van der Waals surface area contributed by atoms with Crippen LogP contribution in [0.4, 0.5) is 16.2 Å². The average molecular weight is 323 g/mol. The van der Waals surface area contributed by atoms with Crippen LogP contribution in [-0.4, -0.2) is 24.5 Å². The normalized spacial score (nSPS) is 17.0. The highest BCUT2D eigenvalue weighted by Crippen LogP contribution is 2.21. The minimum Gasteiger partial charge on any atom is -0.333 e. The summed E-state index contributed by atoms with van der Waals surface area (Å²) in [6.07, 6.45) is 0.315. The highest BCUT2D eigenvalue weighted by molar-refractivity contribution is 5.97. The van der Waals surface area contributed by atoms with E-state index in [-0.39, 0.29) is 18.0 Å². The fraction of sp³-hybridized carbons (Fsp3) is 0.263. The number of aryl methyl sites for hydroxylation is 2. The van der Waals surface area contributed by atoms with Gasteiger partial charge in [0.2, 0.25) is 5.91 Å². The van der Waals surface area contributed by atoms with Crippen molar-refractivity contribution in [3.8, 4) is 0 Å². The van der Waals surface area contributed by atoms with Crippen molar-refractivity contribution in [2.45, 2.75) is 26.3 Å². The summed E-state index contributed by atoms with van der Waals surface area (Å²) in [7, 11) is 0. The van der Waals surface area contributed by atoms with Crippen molar-refractivity contribution in [2.24, 2.45) is 0 Å². The average Bonchev–Trinajstić information content (AvgIpc) is 2.91. The van der Waals surface area contributed by atoms with Crippen LogP contribution in [0.2, 0.25) is 0 Å². The molecule has 3 amide bonds. The lowest BCUT2D eigenvalue weighted by Crippen LogP contribution is -2.39. The summed E-state index contributed by atoms with van der Waals surface area (Å²) in [6, 6.07) is 14.9. The molecule has 2 aromatic carbocycles. The van der Waals surface area contributed by atoms with Crippen LogP contribution in [0.15, 0.2) is 48.5 Å². The predicted octanol–water partition coefficient (Wildman–Crippen LogP) is 3.23. The molecule has 0 aromatic heterocycles. The molecule has 2 N–H and O–H groups in total. The van der Waals surface area contributed by atoms with Gasteiger partial charge in [-0.25, -0.2) is 4.79 Å². The van der Waals surface area contributed by atoms with Crippen molar-refractivity contribution < 1.29 is 9.59 Å². The van der Waals surface area contributed by atoms with Gasteiger partial charge in [0.1, 0.15) is 0 Å². The Labute approximate surface area is 141 Å². The third kappa shape index (κ3) is 3.56. The molecular weight excluding hydrogens is 302 g/mol. The number of nitrogens with one attached hydrogen (secondary N) is 2. The first-order valence-electron chi connectivity index (χ1n) is 8.03. The lowest BCUT2D eigenvalue weighted by atomic mass is 10.1. The predicted molar refractivity (Wildman–Crippen MR) is 95.3 cm³/mol. The van der Waals surface area contributed by atoms with E-state index in [0.717, 1.165) is 22.5 Å². The Morgan fingerprint density at radius 2 is 1.88 bits per heavy atom. The first-order valence-corrected chi connectivity index (χ1v) is 8.03. The topological polar surface area (TPSA) is 61.4 Å². The van der Waals surface area contributed by atoms with Crippen molar-refractivity contribution in [3.05, 3.63) is 59.7 Å². The third-order valence-corrected chi connectivity index (χ3v) is 4.16. The maximum atomic E-state index is 12.2. The van der Waals surface area contributed by atoms with Gasteiger partial charge in [-0.05, 0) is 37.6 Å². The van der Waals surface area contributed by atoms with Gasteiger partial charge < -0.3 is 15.5 Å². The molecule has 1 fully saturated rings. The van der Waals surface area contributed by atoms with E-state index in [2.05, 4.69) is 10.6 Å². The van der Waals surface area contributed by atoms with Crippen LogP contribution in [-0.2, 0) is 4.79 Å². The number of carbonyl (C=O) groups excluding carboxylic acids is 2.